The van der Waals surface area contributed by atoms with Crippen molar-refractivity contribution in [1.82, 2.24) is 9.78 Å². The van der Waals surface area contributed by atoms with Crippen LogP contribution in [-0.2, 0) is 9.59 Å². The number of benzene rings is 2. The van der Waals surface area contributed by atoms with Crippen LogP contribution in [0.1, 0.15) is 12.5 Å². The Morgan fingerprint density at radius 2 is 2.07 bits per heavy atom. The largest absolute Gasteiger partial charge is 0.497 e. The Morgan fingerprint density at radius 3 is 2.79 bits per heavy atom. The second-order valence-corrected chi connectivity index (χ2v) is 7.45. The van der Waals surface area contributed by atoms with Gasteiger partial charge in [-0.25, -0.2) is 4.68 Å². The number of nitrogens with zero attached hydrogens (tertiary/aromatic N) is 2. The van der Waals surface area contributed by atoms with E-state index in [0.29, 0.717) is 11.5 Å². The lowest BCUT2D eigenvalue weighted by Crippen LogP contribution is -2.35. The van der Waals surface area contributed by atoms with Crippen LogP contribution in [0.3, 0.4) is 0 Å². The fraction of sp³-hybridized carbons (Fsp3) is 0.190. The first kappa shape index (κ1) is 19.1. The molecule has 1 aliphatic heterocycles. The number of rotatable bonds is 5. The third-order valence-electron chi connectivity index (χ3n) is 4.77. The van der Waals surface area contributed by atoms with Gasteiger partial charge in [-0.3, -0.25) is 9.59 Å². The van der Waals surface area contributed by atoms with Crippen LogP contribution in [0.5, 0.6) is 5.75 Å². The molecule has 0 spiro atoms. The first-order valence-electron chi connectivity index (χ1n) is 9.05. The van der Waals surface area contributed by atoms with Crippen molar-refractivity contribution in [2.24, 2.45) is 0 Å². The lowest BCUT2D eigenvalue weighted by Gasteiger charge is -2.24. The summed E-state index contributed by atoms with van der Waals surface area (Å²) in [6.45, 7) is 0. The highest BCUT2D eigenvalue weighted by Crippen LogP contribution is 2.35. The number of carbonyl (C=O) groups excluding carboxylic acids is 2. The molecule has 29 heavy (non-hydrogen) atoms. The summed E-state index contributed by atoms with van der Waals surface area (Å²) in [6.07, 6.45) is 3.67. The highest BCUT2D eigenvalue weighted by Gasteiger charge is 2.33. The van der Waals surface area contributed by atoms with Gasteiger partial charge in [-0.1, -0.05) is 18.2 Å². The summed E-state index contributed by atoms with van der Waals surface area (Å²) in [6, 6.07) is 14.3. The summed E-state index contributed by atoms with van der Waals surface area (Å²) in [5.74, 6) is 0.766. The highest BCUT2D eigenvalue weighted by molar-refractivity contribution is 7.98. The van der Waals surface area contributed by atoms with Crippen LogP contribution in [0.15, 0.2) is 59.6 Å². The highest BCUT2D eigenvalue weighted by atomic mass is 32.2. The molecule has 0 saturated heterocycles. The van der Waals surface area contributed by atoms with Crippen molar-refractivity contribution in [3.05, 3.63) is 54.7 Å². The summed E-state index contributed by atoms with van der Waals surface area (Å²) in [5.41, 5.74) is 2.32. The number of fused-ring (bicyclic) bond motifs is 1. The minimum Gasteiger partial charge on any atom is -0.497 e. The molecule has 2 heterocycles. The Balaban J connectivity index is 1.63. The molecule has 0 unspecified atom stereocenters. The number of thioether (sulfide) groups is 1. The topological polar surface area (TPSA) is 85.2 Å². The van der Waals surface area contributed by atoms with Crippen LogP contribution in [0.25, 0.3) is 11.1 Å². The van der Waals surface area contributed by atoms with Crippen molar-refractivity contribution in [3.8, 4) is 16.9 Å². The second kappa shape index (κ2) is 8.00. The molecular formula is C21H20N4O3S. The van der Waals surface area contributed by atoms with Crippen molar-refractivity contribution >= 4 is 35.1 Å². The van der Waals surface area contributed by atoms with E-state index in [2.05, 4.69) is 15.7 Å². The first-order valence-corrected chi connectivity index (χ1v) is 10.3. The average molecular weight is 408 g/mol. The molecule has 148 valence electrons. The molecule has 0 fully saturated rings. The van der Waals surface area contributed by atoms with Crippen LogP contribution >= 0.6 is 11.8 Å². The molecule has 1 aromatic heterocycles. The predicted molar refractivity (Wildman–Crippen MR) is 113 cm³/mol. The molecule has 2 aromatic carbocycles. The quantitative estimate of drug-likeness (QED) is 0.627. The molecule has 0 aliphatic carbocycles. The lowest BCUT2D eigenvalue weighted by molar-refractivity contribution is -0.125. The molecular weight excluding hydrogens is 388 g/mol. The van der Waals surface area contributed by atoms with E-state index in [0.717, 1.165) is 21.8 Å². The van der Waals surface area contributed by atoms with Gasteiger partial charge in [0, 0.05) is 16.1 Å². The fourth-order valence-corrected chi connectivity index (χ4v) is 3.74. The zero-order valence-electron chi connectivity index (χ0n) is 16.0. The fourth-order valence-electron chi connectivity index (χ4n) is 3.28. The SMILES string of the molecule is COc1ccc(-c2cnn3c2NC(=O)C[C@@H]3C(=O)Nc2cccc(SC)c2)cc1. The van der Waals surface area contributed by atoms with E-state index in [-0.39, 0.29) is 18.2 Å². The van der Waals surface area contributed by atoms with Gasteiger partial charge in [-0.15, -0.1) is 11.8 Å². The molecule has 8 heteroatoms. The number of methoxy groups -OCH3 is 1. The standard InChI is InChI=1S/C21H20N4O3S/c1-28-15-8-6-13(7-9-15)17-12-22-25-18(11-19(26)24-20(17)25)21(27)23-14-4-3-5-16(10-14)29-2/h3-10,12,18H,11H2,1-2H3,(H,23,27)(H,24,26)/t18-/m1/s1. The van der Waals surface area contributed by atoms with Crippen molar-refractivity contribution in [2.45, 2.75) is 17.4 Å². The summed E-state index contributed by atoms with van der Waals surface area (Å²) in [7, 11) is 1.61. The molecule has 7 nitrogen and oxygen atoms in total. The number of anilines is 2. The second-order valence-electron chi connectivity index (χ2n) is 6.57. The number of nitrogens with one attached hydrogen (secondary N) is 2. The molecule has 2 amide bonds. The Morgan fingerprint density at radius 1 is 1.28 bits per heavy atom. The average Bonchev–Trinajstić information content (AvgIpc) is 3.17. The maximum absolute atomic E-state index is 12.9. The van der Waals surface area contributed by atoms with Crippen molar-refractivity contribution in [1.29, 1.82) is 0 Å². The number of carbonyl (C=O) groups is 2. The van der Waals surface area contributed by atoms with Crippen LogP contribution < -0.4 is 15.4 Å². The number of hydrogen-bond acceptors (Lipinski definition) is 5. The third-order valence-corrected chi connectivity index (χ3v) is 5.49. The third kappa shape index (κ3) is 3.84. The molecule has 1 atom stereocenters. The van der Waals surface area contributed by atoms with Gasteiger partial charge in [0.1, 0.15) is 17.6 Å². The summed E-state index contributed by atoms with van der Waals surface area (Å²) in [5, 5.41) is 10.1. The Kier molecular flexibility index (Phi) is 5.26. The normalized spacial score (nSPS) is 15.4. The lowest BCUT2D eigenvalue weighted by atomic mass is 10.1. The van der Waals surface area contributed by atoms with Gasteiger partial charge in [-0.2, -0.15) is 5.10 Å². The molecule has 0 radical (unpaired) electrons. The summed E-state index contributed by atoms with van der Waals surface area (Å²) >= 11 is 1.60. The predicted octanol–water partition coefficient (Wildman–Crippen LogP) is 3.80. The maximum atomic E-state index is 12.9. The summed E-state index contributed by atoms with van der Waals surface area (Å²) in [4.78, 5) is 26.3. The van der Waals surface area contributed by atoms with Gasteiger partial charge in [0.25, 0.3) is 0 Å². The van der Waals surface area contributed by atoms with Crippen molar-refractivity contribution in [2.75, 3.05) is 24.0 Å². The van der Waals surface area contributed by atoms with Crippen molar-refractivity contribution < 1.29 is 14.3 Å². The van der Waals surface area contributed by atoms with E-state index in [1.165, 1.54) is 0 Å². The van der Waals surface area contributed by atoms with Gasteiger partial charge in [0.15, 0.2) is 0 Å². The van der Waals surface area contributed by atoms with Crippen LogP contribution in [0.4, 0.5) is 11.5 Å². The smallest absolute Gasteiger partial charge is 0.249 e. The minimum atomic E-state index is -0.719. The molecule has 4 rings (SSSR count). The molecule has 3 aromatic rings. The van der Waals surface area contributed by atoms with Gasteiger partial charge < -0.3 is 15.4 Å². The Labute approximate surface area is 172 Å². The first-order chi connectivity index (χ1) is 14.1. The number of ether oxygens (including phenoxy) is 1. The van der Waals surface area contributed by atoms with E-state index in [1.54, 1.807) is 29.8 Å². The van der Waals surface area contributed by atoms with E-state index in [1.807, 2.05) is 54.8 Å². The Hall–Kier alpha value is -3.26. The monoisotopic (exact) mass is 408 g/mol. The molecule has 0 bridgehead atoms. The maximum Gasteiger partial charge on any atom is 0.249 e. The molecule has 2 N–H and O–H groups in total. The van der Waals surface area contributed by atoms with Gasteiger partial charge in [0.05, 0.1) is 19.7 Å². The number of aromatic nitrogens is 2. The van der Waals surface area contributed by atoms with Gasteiger partial charge >= 0.3 is 0 Å². The van der Waals surface area contributed by atoms with E-state index in [9.17, 15) is 9.59 Å². The van der Waals surface area contributed by atoms with Gasteiger partial charge in [0.2, 0.25) is 11.8 Å². The van der Waals surface area contributed by atoms with Crippen LogP contribution in [0.2, 0.25) is 0 Å². The van der Waals surface area contributed by atoms with E-state index in [4.69, 9.17) is 4.74 Å². The Bertz CT molecular complexity index is 1060. The minimum absolute atomic E-state index is 0.0325. The van der Waals surface area contributed by atoms with Gasteiger partial charge in [-0.05, 0) is 42.2 Å². The number of amides is 2. The van der Waals surface area contributed by atoms with Crippen LogP contribution in [-0.4, -0.2) is 35.0 Å². The number of hydrogen-bond donors (Lipinski definition) is 2. The summed E-state index contributed by atoms with van der Waals surface area (Å²) < 4.78 is 6.77. The zero-order valence-corrected chi connectivity index (χ0v) is 16.8. The van der Waals surface area contributed by atoms with E-state index >= 15 is 0 Å². The van der Waals surface area contributed by atoms with Crippen molar-refractivity contribution in [3.63, 3.8) is 0 Å². The zero-order chi connectivity index (χ0) is 20.4. The molecule has 1 aliphatic rings. The van der Waals surface area contributed by atoms with E-state index < -0.39 is 6.04 Å². The van der Waals surface area contributed by atoms with Crippen LogP contribution in [0, 0.1) is 0 Å². The molecule has 0 saturated carbocycles.